The van der Waals surface area contributed by atoms with E-state index in [0.717, 1.165) is 77.0 Å². The monoisotopic (exact) mass is 1040 g/mol. The number of quaternary nitrogens is 1. The van der Waals surface area contributed by atoms with Crippen LogP contribution in [0.25, 0.3) is 0 Å². The van der Waals surface area contributed by atoms with Crippen LogP contribution in [-0.2, 0) is 33.3 Å². The summed E-state index contributed by atoms with van der Waals surface area (Å²) in [5, 5.41) is 9.67. The van der Waals surface area contributed by atoms with Gasteiger partial charge in [0.15, 0.2) is 6.10 Å². The second-order valence-electron chi connectivity index (χ2n) is 21.6. The maximum atomic E-state index is 12.8. The number of carbonyl (C=O) groups excluding carboxylic acids is 2. The highest BCUT2D eigenvalue weighted by Gasteiger charge is 2.25. The molecular weight excluding hydrogens is 923 g/mol. The van der Waals surface area contributed by atoms with Crippen molar-refractivity contribution in [2.45, 2.75) is 277 Å². The number of likely N-dealkylation sites (N-methyl/N-ethyl adjacent to an activating group) is 1. The Kier molecular flexibility index (Phi) is 53.5. The van der Waals surface area contributed by atoms with E-state index >= 15 is 0 Å². The van der Waals surface area contributed by atoms with Crippen LogP contribution in [-0.4, -0.2) is 87.4 Å². The van der Waals surface area contributed by atoms with Gasteiger partial charge in [-0.1, -0.05) is 260 Å². The number of esters is 2. The Labute approximate surface area is 456 Å². The third-order valence-corrected chi connectivity index (χ3v) is 13.2. The van der Waals surface area contributed by atoms with E-state index in [0.29, 0.717) is 17.4 Å². The molecule has 0 bridgehead atoms. The Morgan fingerprint density at radius 3 is 1.15 bits per heavy atom. The molecule has 2 atom stereocenters. The van der Waals surface area contributed by atoms with Gasteiger partial charge in [-0.2, -0.15) is 0 Å². The number of rotatable bonds is 56. The zero-order chi connectivity index (χ0) is 54.1. The van der Waals surface area contributed by atoms with E-state index in [1.165, 1.54) is 161 Å². The van der Waals surface area contributed by atoms with Gasteiger partial charge >= 0.3 is 17.9 Å². The smallest absolute Gasteiger partial charge is 0.361 e. The molecule has 9 heteroatoms. The summed E-state index contributed by atoms with van der Waals surface area (Å²) in [4.78, 5) is 37.3. The predicted molar refractivity (Wildman–Crippen MR) is 313 cm³/mol. The molecule has 0 fully saturated rings. The lowest BCUT2D eigenvalue weighted by Gasteiger charge is -2.25. The van der Waals surface area contributed by atoms with Gasteiger partial charge in [0.25, 0.3) is 6.29 Å². The first-order valence-electron chi connectivity index (χ1n) is 30.6. The van der Waals surface area contributed by atoms with Crippen molar-refractivity contribution in [1.29, 1.82) is 0 Å². The summed E-state index contributed by atoms with van der Waals surface area (Å²) in [6.45, 7) is 4.76. The fraction of sp³-hybridized carbons (Fsp3) is 0.769. The molecule has 428 valence electrons. The van der Waals surface area contributed by atoms with Gasteiger partial charge in [0.1, 0.15) is 13.2 Å². The van der Waals surface area contributed by atoms with Crippen molar-refractivity contribution in [3.05, 3.63) is 72.9 Å². The first-order valence-corrected chi connectivity index (χ1v) is 30.6. The average molecular weight is 1040 g/mol. The Hall–Kier alpha value is -3.27. The molecule has 0 aromatic carbocycles. The molecule has 0 aromatic heterocycles. The molecule has 9 nitrogen and oxygen atoms in total. The fourth-order valence-corrected chi connectivity index (χ4v) is 8.55. The van der Waals surface area contributed by atoms with Crippen molar-refractivity contribution in [3.63, 3.8) is 0 Å². The standard InChI is InChI=1S/C65H115NO8/c1-6-8-10-12-14-16-18-19-20-21-22-23-24-25-26-27-28-29-30-31-32-33-34-35-36-37-38-39-40-41-42-43-44-45-46-48-50-52-54-56-63(68)74-61(60-73-65(64(69)70)71-58-57-66(3,4)5)59-72-62(67)55-53-51-49-47-17-15-13-11-9-7-2/h8,10,14,16,19-20,22-23,25-26,28-29,61,65H,6-7,9,11-13,15,17-18,21,24,27,30-60H2,1-5H3/p+1/b10-8-,16-14-,20-19-,23-22-,26-25-,29-28-. The minimum Gasteiger partial charge on any atom is -0.477 e. The molecule has 0 spiro atoms. The Bertz CT molecular complexity index is 1440. The number of carboxylic acid groups (broad SMARTS) is 1. The first-order chi connectivity index (χ1) is 36.1. The maximum absolute atomic E-state index is 12.8. The molecule has 0 aliphatic heterocycles. The molecule has 0 aliphatic carbocycles. The molecule has 0 amide bonds. The van der Waals surface area contributed by atoms with Crippen molar-refractivity contribution in [2.24, 2.45) is 0 Å². The zero-order valence-electron chi connectivity index (χ0n) is 48.7. The van der Waals surface area contributed by atoms with Crippen molar-refractivity contribution in [3.8, 4) is 0 Å². The molecule has 0 heterocycles. The highest BCUT2D eigenvalue weighted by molar-refractivity contribution is 5.71. The number of ether oxygens (including phenoxy) is 4. The van der Waals surface area contributed by atoms with E-state index in [9.17, 15) is 19.5 Å². The van der Waals surface area contributed by atoms with E-state index in [1.807, 2.05) is 21.1 Å². The normalized spacial score (nSPS) is 13.3. The Balaban J connectivity index is 3.94. The van der Waals surface area contributed by atoms with Crippen LogP contribution >= 0.6 is 0 Å². The molecule has 0 saturated carbocycles. The second kappa shape index (κ2) is 55.9. The first kappa shape index (κ1) is 70.7. The molecule has 0 rings (SSSR count). The van der Waals surface area contributed by atoms with Crippen molar-refractivity contribution in [2.75, 3.05) is 47.5 Å². The number of aliphatic carboxylic acids is 1. The number of unbranched alkanes of at least 4 members (excludes halogenated alkanes) is 29. The molecule has 2 unspecified atom stereocenters. The zero-order valence-corrected chi connectivity index (χ0v) is 48.7. The molecular formula is C65H116NO8+. The molecule has 1 N–H and O–H groups in total. The summed E-state index contributed by atoms with van der Waals surface area (Å²) in [5.74, 6) is -2.00. The van der Waals surface area contributed by atoms with Gasteiger partial charge in [-0.15, -0.1) is 0 Å². The van der Waals surface area contributed by atoms with Gasteiger partial charge < -0.3 is 28.5 Å². The van der Waals surface area contributed by atoms with Crippen LogP contribution in [0.15, 0.2) is 72.9 Å². The van der Waals surface area contributed by atoms with Crippen molar-refractivity contribution >= 4 is 17.9 Å². The molecule has 0 aromatic rings. The van der Waals surface area contributed by atoms with E-state index in [1.54, 1.807) is 0 Å². The SMILES string of the molecule is CC/C=C\C/C=C\C/C=C\C/C=C\C/C=C\C/C=C\CCCCCCCCCCCCCCCCCCCCCCC(=O)OC(COC(=O)CCCCCCCCCCCC)COC(OCC[N+](C)(C)C)C(=O)O. The topological polar surface area (TPSA) is 108 Å². The minimum absolute atomic E-state index is 0.179. The van der Waals surface area contributed by atoms with E-state index in [4.69, 9.17) is 18.9 Å². The summed E-state index contributed by atoms with van der Waals surface area (Å²) in [5.41, 5.74) is 0. The van der Waals surface area contributed by atoms with E-state index in [-0.39, 0.29) is 32.2 Å². The number of nitrogens with zero attached hydrogens (tertiary/aromatic N) is 1. The quantitative estimate of drug-likeness (QED) is 0.0211. The minimum atomic E-state index is -1.51. The maximum Gasteiger partial charge on any atom is 0.361 e. The molecule has 0 radical (unpaired) electrons. The third kappa shape index (κ3) is 56.5. The predicted octanol–water partition coefficient (Wildman–Crippen LogP) is 18.2. The number of carboxylic acids is 1. The second-order valence-corrected chi connectivity index (χ2v) is 21.6. The van der Waals surface area contributed by atoms with Crippen LogP contribution in [0.4, 0.5) is 0 Å². The van der Waals surface area contributed by atoms with Gasteiger partial charge in [-0.05, 0) is 64.2 Å². The molecule has 74 heavy (non-hydrogen) atoms. The van der Waals surface area contributed by atoms with Crippen LogP contribution < -0.4 is 0 Å². The average Bonchev–Trinajstić information content (AvgIpc) is 3.37. The highest BCUT2D eigenvalue weighted by Crippen LogP contribution is 2.17. The molecule has 0 saturated heterocycles. The van der Waals surface area contributed by atoms with Gasteiger partial charge in [0.05, 0.1) is 34.4 Å². The summed E-state index contributed by atoms with van der Waals surface area (Å²) in [6.07, 6.45) is 70.2. The van der Waals surface area contributed by atoms with E-state index < -0.39 is 24.3 Å². The fourth-order valence-electron chi connectivity index (χ4n) is 8.55. The van der Waals surface area contributed by atoms with Crippen LogP contribution in [0.1, 0.15) is 264 Å². The Morgan fingerprint density at radius 1 is 0.419 bits per heavy atom. The Morgan fingerprint density at radius 2 is 0.770 bits per heavy atom. The van der Waals surface area contributed by atoms with Crippen LogP contribution in [0.5, 0.6) is 0 Å². The molecule has 0 aliphatic rings. The lowest BCUT2D eigenvalue weighted by atomic mass is 10.0. The number of hydrogen-bond donors (Lipinski definition) is 1. The summed E-state index contributed by atoms with van der Waals surface area (Å²) < 4.78 is 22.8. The number of carbonyl (C=O) groups is 3. The largest absolute Gasteiger partial charge is 0.477 e. The summed E-state index contributed by atoms with van der Waals surface area (Å²) in [7, 11) is 5.97. The van der Waals surface area contributed by atoms with Crippen molar-refractivity contribution in [1.82, 2.24) is 0 Å². The number of hydrogen-bond acceptors (Lipinski definition) is 7. The van der Waals surface area contributed by atoms with Crippen LogP contribution in [0.2, 0.25) is 0 Å². The highest BCUT2D eigenvalue weighted by atomic mass is 16.7. The van der Waals surface area contributed by atoms with Gasteiger partial charge in [-0.25, -0.2) is 4.79 Å². The summed E-state index contributed by atoms with van der Waals surface area (Å²) in [6, 6.07) is 0. The lowest BCUT2D eigenvalue weighted by molar-refractivity contribution is -0.870. The van der Waals surface area contributed by atoms with Gasteiger partial charge in [0, 0.05) is 12.8 Å². The van der Waals surface area contributed by atoms with Gasteiger partial charge in [-0.3, -0.25) is 9.59 Å². The number of allylic oxidation sites excluding steroid dienone is 12. The van der Waals surface area contributed by atoms with E-state index in [2.05, 4.69) is 86.8 Å². The van der Waals surface area contributed by atoms with Crippen LogP contribution in [0, 0.1) is 0 Å². The lowest BCUT2D eigenvalue weighted by Crippen LogP contribution is -2.40. The van der Waals surface area contributed by atoms with Gasteiger partial charge in [0.2, 0.25) is 0 Å². The third-order valence-electron chi connectivity index (χ3n) is 13.2. The van der Waals surface area contributed by atoms with Crippen molar-refractivity contribution < 1.29 is 42.9 Å². The summed E-state index contributed by atoms with van der Waals surface area (Å²) >= 11 is 0. The van der Waals surface area contributed by atoms with Crippen LogP contribution in [0.3, 0.4) is 0 Å².